The van der Waals surface area contributed by atoms with Crippen LogP contribution in [-0.4, -0.2) is 22.9 Å². The van der Waals surface area contributed by atoms with Crippen molar-refractivity contribution >= 4 is 7.52 Å². The van der Waals surface area contributed by atoms with E-state index in [0.29, 0.717) is 18.6 Å². The summed E-state index contributed by atoms with van der Waals surface area (Å²) in [6.07, 6.45) is 15.3. The smallest absolute Gasteiger partial charge is 0.289 e. The molecule has 0 spiro atoms. The summed E-state index contributed by atoms with van der Waals surface area (Å²) in [7, 11) is -3.54. The number of nitrogens with one attached hydrogen (secondary N) is 1. The van der Waals surface area contributed by atoms with Crippen molar-refractivity contribution in [2.24, 2.45) is 5.92 Å². The molecule has 0 radical (unpaired) electrons. The topological polar surface area (TPSA) is 78.8 Å². The van der Waals surface area contributed by atoms with E-state index in [4.69, 9.17) is 9.94 Å². The largest absolute Gasteiger partial charge is 0.490 e. The molecule has 1 aromatic rings. The third kappa shape index (κ3) is 10.3. The van der Waals surface area contributed by atoms with Gasteiger partial charge in [-0.2, -0.15) is 4.39 Å². The van der Waals surface area contributed by atoms with E-state index in [0.717, 1.165) is 83.0 Å². The lowest BCUT2D eigenvalue weighted by Gasteiger charge is -2.29. The molecule has 1 fully saturated rings. The highest BCUT2D eigenvalue weighted by atomic mass is 31.2. The van der Waals surface area contributed by atoms with E-state index in [9.17, 15) is 18.2 Å². The fourth-order valence-electron chi connectivity index (χ4n) is 5.04. The summed E-state index contributed by atoms with van der Waals surface area (Å²) < 4.78 is 46.0. The van der Waals surface area contributed by atoms with Gasteiger partial charge < -0.3 is 14.8 Å². The van der Waals surface area contributed by atoms with E-state index in [1.165, 1.54) is 18.1 Å². The van der Waals surface area contributed by atoms with Crippen LogP contribution in [0.15, 0.2) is 12.1 Å². The summed E-state index contributed by atoms with van der Waals surface area (Å²) in [4.78, 5) is 9.20. The summed E-state index contributed by atoms with van der Waals surface area (Å²) in [6.45, 7) is 2.59. The molecule has 0 aliphatic heterocycles. The molecule has 8 heteroatoms. The predicted molar refractivity (Wildman–Crippen MR) is 133 cm³/mol. The first kappa shape index (κ1) is 29.2. The summed E-state index contributed by atoms with van der Waals surface area (Å²) in [6, 6.07) is 3.32. The Bertz CT molecular complexity index is 757. The Hall–Kier alpha value is -1.01. The van der Waals surface area contributed by atoms with Crippen LogP contribution in [0.25, 0.3) is 0 Å². The van der Waals surface area contributed by atoms with Crippen LogP contribution in [0.1, 0.15) is 115 Å². The second-order valence-corrected chi connectivity index (χ2v) is 11.9. The molecule has 0 saturated heterocycles. The lowest BCUT2D eigenvalue weighted by atomic mass is 9.77. The van der Waals surface area contributed by atoms with Gasteiger partial charge in [-0.25, -0.2) is 4.39 Å². The van der Waals surface area contributed by atoms with Gasteiger partial charge in [-0.05, 0) is 62.0 Å². The van der Waals surface area contributed by atoms with Gasteiger partial charge in [0.2, 0.25) is 5.82 Å². The molecule has 1 aromatic carbocycles. The van der Waals surface area contributed by atoms with Gasteiger partial charge >= 0.3 is 0 Å². The molecule has 0 heterocycles. The molecule has 0 amide bonds. The number of unbranched alkanes of at least 4 members (excludes halogenated alkanes) is 8. The third-order valence-corrected chi connectivity index (χ3v) is 8.31. The van der Waals surface area contributed by atoms with Gasteiger partial charge in [-0.3, -0.25) is 4.57 Å². The molecule has 34 heavy (non-hydrogen) atoms. The second kappa shape index (κ2) is 15.9. The molecule has 1 aliphatic rings. The molecule has 0 aromatic heterocycles. The first-order valence-corrected chi connectivity index (χ1v) is 15.1. The molecule has 0 bridgehead atoms. The zero-order chi connectivity index (χ0) is 24.8. The second-order valence-electron chi connectivity index (χ2n) is 9.84. The summed E-state index contributed by atoms with van der Waals surface area (Å²) >= 11 is 0. The molecular weight excluding hydrogens is 459 g/mol. The number of benzene rings is 1. The average molecular weight is 504 g/mol. The molecule has 1 atom stereocenters. The molecule has 1 unspecified atom stereocenters. The van der Waals surface area contributed by atoms with Crippen molar-refractivity contribution in [2.45, 2.75) is 109 Å². The van der Waals surface area contributed by atoms with Crippen LogP contribution in [0.2, 0.25) is 0 Å². The number of ether oxygens (including phenoxy) is 1. The Morgan fingerprint density at radius 1 is 0.941 bits per heavy atom. The minimum Gasteiger partial charge on any atom is -0.490 e. The highest BCUT2D eigenvalue weighted by Crippen LogP contribution is 2.40. The van der Waals surface area contributed by atoms with Gasteiger partial charge in [-0.1, -0.05) is 70.8 Å². The lowest BCUT2D eigenvalue weighted by Crippen LogP contribution is -2.15. The van der Waals surface area contributed by atoms with Crippen molar-refractivity contribution < 1.29 is 28.2 Å². The van der Waals surface area contributed by atoms with E-state index in [2.05, 4.69) is 6.92 Å². The summed E-state index contributed by atoms with van der Waals surface area (Å²) in [5.74, 6) is -0.706. The maximum Gasteiger partial charge on any atom is 0.289 e. The highest BCUT2D eigenvalue weighted by molar-refractivity contribution is 7.55. The van der Waals surface area contributed by atoms with Crippen molar-refractivity contribution in [1.29, 1.82) is 0 Å². The van der Waals surface area contributed by atoms with Crippen LogP contribution in [-0.2, 0) is 4.57 Å². The SMILES string of the molecule is CCCC1CCC(c2ccc(OCCCCCCCCCCCP(=O)(O)NO)c(F)c2F)CC1. The average Bonchev–Trinajstić information content (AvgIpc) is 2.83. The van der Waals surface area contributed by atoms with Gasteiger partial charge in [0.1, 0.15) is 0 Å². The van der Waals surface area contributed by atoms with Crippen LogP contribution in [0.5, 0.6) is 5.75 Å². The molecular formula is C26H44F2NO4P. The number of hydrogen-bond acceptors (Lipinski definition) is 3. The molecule has 5 nitrogen and oxygen atoms in total. The van der Waals surface area contributed by atoms with Crippen molar-refractivity contribution in [3.8, 4) is 5.75 Å². The van der Waals surface area contributed by atoms with Crippen molar-refractivity contribution in [3.05, 3.63) is 29.3 Å². The quantitative estimate of drug-likeness (QED) is 0.114. The van der Waals surface area contributed by atoms with Gasteiger partial charge in [0.05, 0.1) is 6.61 Å². The molecule has 196 valence electrons. The normalized spacial score (nSPS) is 20.3. The predicted octanol–water partition coefficient (Wildman–Crippen LogP) is 8.09. The fourth-order valence-corrected chi connectivity index (χ4v) is 5.79. The van der Waals surface area contributed by atoms with Gasteiger partial charge in [0.25, 0.3) is 7.52 Å². The van der Waals surface area contributed by atoms with Crippen LogP contribution in [0.4, 0.5) is 8.78 Å². The van der Waals surface area contributed by atoms with Crippen LogP contribution in [0.3, 0.4) is 0 Å². The zero-order valence-electron chi connectivity index (χ0n) is 20.7. The van der Waals surface area contributed by atoms with E-state index >= 15 is 0 Å². The number of hydrogen-bond donors (Lipinski definition) is 3. The molecule has 1 saturated carbocycles. The molecule has 3 N–H and O–H groups in total. The standard InChI is InChI=1S/C26H44F2NO4P/c1-2-12-21-13-15-22(16-14-21)23-17-18-24(26(28)25(23)27)33-19-10-8-6-4-3-5-7-9-11-20-34(31,32)29-30/h17-18,21-22,30H,2-16,19-20H2,1H3,(H2,29,31,32). The van der Waals surface area contributed by atoms with Crippen molar-refractivity contribution in [1.82, 2.24) is 5.25 Å². The monoisotopic (exact) mass is 503 g/mol. The third-order valence-electron chi connectivity index (χ3n) is 7.08. The Balaban J connectivity index is 1.56. The van der Waals surface area contributed by atoms with Crippen LogP contribution >= 0.6 is 7.52 Å². The zero-order valence-corrected chi connectivity index (χ0v) is 21.6. The minimum absolute atomic E-state index is 0.0183. The number of rotatable bonds is 17. The maximum absolute atomic E-state index is 14.7. The van der Waals surface area contributed by atoms with Gasteiger partial charge in [-0.15, -0.1) is 5.25 Å². The van der Waals surface area contributed by atoms with Crippen LogP contribution < -0.4 is 9.99 Å². The molecule has 1 aliphatic carbocycles. The first-order chi connectivity index (χ1) is 16.4. The van der Waals surface area contributed by atoms with Gasteiger partial charge in [0, 0.05) is 6.16 Å². The van der Waals surface area contributed by atoms with Crippen molar-refractivity contribution in [3.63, 3.8) is 0 Å². The fraction of sp³-hybridized carbons (Fsp3) is 0.769. The van der Waals surface area contributed by atoms with E-state index in [1.54, 1.807) is 12.1 Å². The Morgan fingerprint density at radius 3 is 2.12 bits per heavy atom. The Labute approximate surface area is 204 Å². The number of halogens is 2. The lowest BCUT2D eigenvalue weighted by molar-refractivity contribution is 0.222. The Morgan fingerprint density at radius 2 is 1.53 bits per heavy atom. The summed E-state index contributed by atoms with van der Waals surface area (Å²) in [5.41, 5.74) is 0.509. The minimum atomic E-state index is -3.54. The van der Waals surface area contributed by atoms with E-state index < -0.39 is 19.2 Å². The van der Waals surface area contributed by atoms with Crippen LogP contribution in [0, 0.1) is 17.6 Å². The van der Waals surface area contributed by atoms with E-state index in [1.807, 2.05) is 0 Å². The highest BCUT2D eigenvalue weighted by Gasteiger charge is 2.26. The maximum atomic E-state index is 14.7. The summed E-state index contributed by atoms with van der Waals surface area (Å²) in [5, 5.41) is 10.00. The van der Waals surface area contributed by atoms with Crippen molar-refractivity contribution in [2.75, 3.05) is 12.8 Å². The van der Waals surface area contributed by atoms with Gasteiger partial charge in [0.15, 0.2) is 11.6 Å². The molecule has 2 rings (SSSR count). The Kier molecular flexibility index (Phi) is 13.6. The first-order valence-electron chi connectivity index (χ1n) is 13.2. The van der Waals surface area contributed by atoms with E-state index in [-0.39, 0.29) is 17.8 Å².